The summed E-state index contributed by atoms with van der Waals surface area (Å²) in [6.45, 7) is 0. The number of amides is 1. The van der Waals surface area contributed by atoms with Crippen molar-refractivity contribution in [1.29, 1.82) is 0 Å². The first-order chi connectivity index (χ1) is 10.2. The number of alkyl halides is 1. The second-order valence-electron chi connectivity index (χ2n) is 5.43. The van der Waals surface area contributed by atoms with Crippen LogP contribution < -0.4 is 5.32 Å². The van der Waals surface area contributed by atoms with Crippen LogP contribution in [0.3, 0.4) is 0 Å². The van der Waals surface area contributed by atoms with Gasteiger partial charge in [0.05, 0.1) is 17.4 Å². The van der Waals surface area contributed by atoms with Crippen LogP contribution in [0, 0.1) is 0 Å². The van der Waals surface area contributed by atoms with E-state index in [0.717, 1.165) is 31.4 Å². The summed E-state index contributed by atoms with van der Waals surface area (Å²) >= 11 is 6.08. The van der Waals surface area contributed by atoms with E-state index in [2.05, 4.69) is 10.4 Å². The van der Waals surface area contributed by atoms with E-state index >= 15 is 0 Å². The Morgan fingerprint density at radius 1 is 1.19 bits per heavy atom. The van der Waals surface area contributed by atoms with Crippen molar-refractivity contribution in [2.75, 3.05) is 0 Å². The van der Waals surface area contributed by atoms with Crippen LogP contribution in [-0.2, 0) is 0 Å². The van der Waals surface area contributed by atoms with Crippen molar-refractivity contribution < 1.29 is 4.79 Å². The number of rotatable bonds is 3. The van der Waals surface area contributed by atoms with Crippen LogP contribution in [0.25, 0.3) is 5.69 Å². The molecule has 1 aromatic carbocycles. The molecule has 1 N–H and O–H groups in total. The number of aromatic nitrogens is 2. The maximum Gasteiger partial charge on any atom is 0.254 e. The SMILES string of the molecule is O=C(NC1CCC(Cl)CC1)c1cnn(-c2ccccc2)c1. The molecule has 0 radical (unpaired) electrons. The first-order valence-corrected chi connectivity index (χ1v) is 7.71. The Morgan fingerprint density at radius 2 is 1.90 bits per heavy atom. The number of nitrogens with zero attached hydrogens (tertiary/aromatic N) is 2. The van der Waals surface area contributed by atoms with Gasteiger partial charge in [-0.1, -0.05) is 18.2 Å². The lowest BCUT2D eigenvalue weighted by atomic mass is 9.95. The molecule has 0 saturated heterocycles. The molecule has 2 aromatic rings. The van der Waals surface area contributed by atoms with Crippen LogP contribution in [0.5, 0.6) is 0 Å². The zero-order chi connectivity index (χ0) is 14.7. The standard InChI is InChI=1S/C16H18ClN3O/c17-13-6-8-14(9-7-13)19-16(21)12-10-18-20(11-12)15-4-2-1-3-5-15/h1-5,10-11,13-14H,6-9H2,(H,19,21). The third-order valence-corrected chi connectivity index (χ3v) is 4.29. The lowest BCUT2D eigenvalue weighted by Crippen LogP contribution is -2.37. The molecule has 0 aliphatic heterocycles. The van der Waals surface area contributed by atoms with E-state index in [1.165, 1.54) is 0 Å². The molecule has 1 saturated carbocycles. The quantitative estimate of drug-likeness (QED) is 0.885. The number of carbonyl (C=O) groups is 1. The molecule has 1 aliphatic carbocycles. The van der Waals surface area contributed by atoms with Gasteiger partial charge in [0.25, 0.3) is 5.91 Å². The number of hydrogen-bond donors (Lipinski definition) is 1. The van der Waals surface area contributed by atoms with Gasteiger partial charge >= 0.3 is 0 Å². The Bertz CT molecular complexity index is 603. The molecule has 0 atom stereocenters. The summed E-state index contributed by atoms with van der Waals surface area (Å²) in [7, 11) is 0. The average molecular weight is 304 g/mol. The Morgan fingerprint density at radius 3 is 2.62 bits per heavy atom. The Kier molecular flexibility index (Phi) is 4.25. The summed E-state index contributed by atoms with van der Waals surface area (Å²) in [6, 6.07) is 9.98. The molecule has 1 aliphatic rings. The van der Waals surface area contributed by atoms with Crippen LogP contribution in [0.15, 0.2) is 42.7 Å². The van der Waals surface area contributed by atoms with Gasteiger partial charge in [0.1, 0.15) is 0 Å². The third-order valence-electron chi connectivity index (χ3n) is 3.86. The predicted molar refractivity (Wildman–Crippen MR) is 82.9 cm³/mol. The van der Waals surface area contributed by atoms with E-state index < -0.39 is 0 Å². The summed E-state index contributed by atoms with van der Waals surface area (Å²) in [6.07, 6.45) is 7.21. The van der Waals surface area contributed by atoms with Gasteiger partial charge in [-0.25, -0.2) is 4.68 Å². The van der Waals surface area contributed by atoms with Crippen molar-refractivity contribution in [2.45, 2.75) is 37.1 Å². The summed E-state index contributed by atoms with van der Waals surface area (Å²) in [5, 5.41) is 7.58. The van der Waals surface area contributed by atoms with E-state index in [4.69, 9.17) is 11.6 Å². The second kappa shape index (κ2) is 6.31. The third kappa shape index (κ3) is 3.45. The fourth-order valence-electron chi connectivity index (χ4n) is 2.63. The molecular formula is C16H18ClN3O. The van der Waals surface area contributed by atoms with E-state index in [9.17, 15) is 4.79 Å². The summed E-state index contributed by atoms with van der Waals surface area (Å²) in [5.74, 6) is -0.0600. The number of halogens is 1. The van der Waals surface area contributed by atoms with Crippen molar-refractivity contribution in [3.05, 3.63) is 48.3 Å². The topological polar surface area (TPSA) is 46.9 Å². The van der Waals surface area contributed by atoms with E-state index in [1.54, 1.807) is 17.1 Å². The lowest BCUT2D eigenvalue weighted by molar-refractivity contribution is 0.0928. The highest BCUT2D eigenvalue weighted by molar-refractivity contribution is 6.20. The number of hydrogen-bond acceptors (Lipinski definition) is 2. The molecule has 3 rings (SSSR count). The molecule has 5 heteroatoms. The maximum absolute atomic E-state index is 12.2. The van der Waals surface area contributed by atoms with Gasteiger partial charge < -0.3 is 5.32 Å². The zero-order valence-corrected chi connectivity index (χ0v) is 12.5. The maximum atomic E-state index is 12.2. The van der Waals surface area contributed by atoms with Crippen molar-refractivity contribution in [3.63, 3.8) is 0 Å². The molecule has 1 amide bonds. The van der Waals surface area contributed by atoms with E-state index in [0.29, 0.717) is 5.56 Å². The largest absolute Gasteiger partial charge is 0.349 e. The molecule has 4 nitrogen and oxygen atoms in total. The predicted octanol–water partition coefficient (Wildman–Crippen LogP) is 3.15. The fraction of sp³-hybridized carbons (Fsp3) is 0.375. The minimum atomic E-state index is -0.0600. The Hall–Kier alpha value is -1.81. The molecule has 21 heavy (non-hydrogen) atoms. The summed E-state index contributed by atoms with van der Waals surface area (Å²) in [4.78, 5) is 12.2. The average Bonchev–Trinajstić information content (AvgIpc) is 3.00. The molecule has 0 bridgehead atoms. The van der Waals surface area contributed by atoms with Crippen LogP contribution in [-0.4, -0.2) is 27.1 Å². The second-order valence-corrected chi connectivity index (χ2v) is 6.05. The monoisotopic (exact) mass is 303 g/mol. The highest BCUT2D eigenvalue weighted by Crippen LogP contribution is 2.23. The van der Waals surface area contributed by atoms with E-state index in [1.807, 2.05) is 30.3 Å². The van der Waals surface area contributed by atoms with Crippen LogP contribution >= 0.6 is 11.6 Å². The van der Waals surface area contributed by atoms with Gasteiger partial charge in [-0.3, -0.25) is 4.79 Å². The lowest BCUT2D eigenvalue weighted by Gasteiger charge is -2.25. The van der Waals surface area contributed by atoms with Crippen molar-refractivity contribution in [2.24, 2.45) is 0 Å². The minimum Gasteiger partial charge on any atom is -0.349 e. The van der Waals surface area contributed by atoms with Crippen LogP contribution in [0.4, 0.5) is 0 Å². The first-order valence-electron chi connectivity index (χ1n) is 7.27. The highest BCUT2D eigenvalue weighted by Gasteiger charge is 2.21. The number of para-hydroxylation sites is 1. The molecule has 1 fully saturated rings. The van der Waals surface area contributed by atoms with Crippen LogP contribution in [0.2, 0.25) is 0 Å². The summed E-state index contributed by atoms with van der Waals surface area (Å²) in [5.41, 5.74) is 1.53. The molecule has 0 spiro atoms. The van der Waals surface area contributed by atoms with Crippen molar-refractivity contribution in [3.8, 4) is 5.69 Å². The molecule has 0 unspecified atom stereocenters. The fourth-order valence-corrected chi connectivity index (χ4v) is 2.88. The Labute approximate surface area is 129 Å². The smallest absolute Gasteiger partial charge is 0.254 e. The van der Waals surface area contributed by atoms with Crippen molar-refractivity contribution in [1.82, 2.24) is 15.1 Å². The minimum absolute atomic E-state index is 0.0600. The Balaban J connectivity index is 1.64. The van der Waals surface area contributed by atoms with Gasteiger partial charge in [0, 0.05) is 17.6 Å². The number of carbonyl (C=O) groups excluding carboxylic acids is 1. The van der Waals surface area contributed by atoms with Gasteiger partial charge in [0.2, 0.25) is 0 Å². The van der Waals surface area contributed by atoms with E-state index in [-0.39, 0.29) is 17.3 Å². The van der Waals surface area contributed by atoms with Gasteiger partial charge in [0.15, 0.2) is 0 Å². The number of benzene rings is 1. The normalized spacial score (nSPS) is 22.0. The number of nitrogens with one attached hydrogen (secondary N) is 1. The van der Waals surface area contributed by atoms with Gasteiger partial charge in [-0.05, 0) is 37.8 Å². The molecule has 1 heterocycles. The molecule has 1 aromatic heterocycles. The zero-order valence-electron chi connectivity index (χ0n) is 11.7. The van der Waals surface area contributed by atoms with Crippen molar-refractivity contribution >= 4 is 17.5 Å². The molecular weight excluding hydrogens is 286 g/mol. The molecule has 110 valence electrons. The van der Waals surface area contributed by atoms with Crippen LogP contribution in [0.1, 0.15) is 36.0 Å². The highest BCUT2D eigenvalue weighted by atomic mass is 35.5. The van der Waals surface area contributed by atoms with Gasteiger partial charge in [-0.2, -0.15) is 5.10 Å². The first kappa shape index (κ1) is 14.1. The summed E-state index contributed by atoms with van der Waals surface area (Å²) < 4.78 is 1.71. The van der Waals surface area contributed by atoms with Gasteiger partial charge in [-0.15, -0.1) is 11.6 Å².